The first-order chi connectivity index (χ1) is 11.3. The number of halogens is 3. The van der Waals surface area contributed by atoms with Gasteiger partial charge in [0.2, 0.25) is 5.91 Å². The summed E-state index contributed by atoms with van der Waals surface area (Å²) in [5.41, 5.74) is -0.0813. The van der Waals surface area contributed by atoms with E-state index in [0.717, 1.165) is 6.07 Å². The molecule has 0 atom stereocenters. The van der Waals surface area contributed by atoms with Crippen LogP contribution in [-0.4, -0.2) is 18.5 Å². The third-order valence-electron chi connectivity index (χ3n) is 3.70. The van der Waals surface area contributed by atoms with Gasteiger partial charge in [0, 0.05) is 5.70 Å². The number of hydrogen-bond acceptors (Lipinski definition) is 3. The van der Waals surface area contributed by atoms with Crippen molar-refractivity contribution in [3.8, 4) is 0 Å². The fourth-order valence-electron chi connectivity index (χ4n) is 2.66. The summed E-state index contributed by atoms with van der Waals surface area (Å²) < 4.78 is 43.8. The summed E-state index contributed by atoms with van der Waals surface area (Å²) in [5, 5.41) is 2.57. The van der Waals surface area contributed by atoms with Gasteiger partial charge >= 0.3 is 12.1 Å². The first-order valence-electron chi connectivity index (χ1n) is 7.67. The maximum Gasteiger partial charge on any atom is 0.416 e. The molecule has 0 unspecified atom stereocenters. The molecule has 0 aromatic heterocycles. The first kappa shape index (κ1) is 18.0. The number of carbonyl (C=O) groups is 2. The van der Waals surface area contributed by atoms with Crippen LogP contribution in [0.3, 0.4) is 0 Å². The van der Waals surface area contributed by atoms with Crippen LogP contribution in [0.2, 0.25) is 0 Å². The van der Waals surface area contributed by atoms with E-state index < -0.39 is 30.0 Å². The Kier molecular flexibility index (Phi) is 5.64. The van der Waals surface area contributed by atoms with Crippen LogP contribution in [0.15, 0.2) is 35.5 Å². The Morgan fingerprint density at radius 1 is 1.21 bits per heavy atom. The van der Waals surface area contributed by atoms with Gasteiger partial charge in [-0.15, -0.1) is 0 Å². The summed E-state index contributed by atoms with van der Waals surface area (Å²) in [6.45, 7) is 1.91. The zero-order valence-electron chi connectivity index (χ0n) is 13.2. The highest BCUT2D eigenvalue weighted by Gasteiger charge is 2.33. The second-order valence-electron chi connectivity index (χ2n) is 5.41. The van der Waals surface area contributed by atoms with E-state index in [1.165, 1.54) is 18.2 Å². The topological polar surface area (TPSA) is 55.4 Å². The lowest BCUT2D eigenvalue weighted by molar-refractivity contribution is -0.139. The summed E-state index contributed by atoms with van der Waals surface area (Å²) in [6.07, 6.45) is -3.23. The maximum absolute atomic E-state index is 13.0. The molecule has 2 rings (SSSR count). The maximum atomic E-state index is 13.0. The van der Waals surface area contributed by atoms with Gasteiger partial charge < -0.3 is 10.1 Å². The molecular formula is C17H18F3NO3. The van der Waals surface area contributed by atoms with Gasteiger partial charge in [0.05, 0.1) is 24.2 Å². The summed E-state index contributed by atoms with van der Waals surface area (Å²) in [5.74, 6) is -1.06. The average molecular weight is 341 g/mol. The van der Waals surface area contributed by atoms with E-state index in [1.54, 1.807) is 6.92 Å². The molecule has 1 N–H and O–H groups in total. The van der Waals surface area contributed by atoms with Crippen molar-refractivity contribution in [2.75, 3.05) is 6.61 Å². The number of rotatable bonds is 5. The van der Waals surface area contributed by atoms with Gasteiger partial charge in [-0.2, -0.15) is 13.2 Å². The molecule has 0 saturated carbocycles. The predicted molar refractivity (Wildman–Crippen MR) is 80.8 cm³/mol. The fourth-order valence-corrected chi connectivity index (χ4v) is 2.66. The van der Waals surface area contributed by atoms with Crippen LogP contribution in [0.25, 0.3) is 0 Å². The van der Waals surface area contributed by atoms with Crippen LogP contribution in [-0.2, 0) is 26.9 Å². The number of benzene rings is 1. The van der Waals surface area contributed by atoms with Gasteiger partial charge in [0.15, 0.2) is 0 Å². The number of esters is 1. The van der Waals surface area contributed by atoms with Gasteiger partial charge in [0.1, 0.15) is 0 Å². The summed E-state index contributed by atoms with van der Waals surface area (Å²) in [6, 6.07) is 4.96. The average Bonchev–Trinajstić information content (AvgIpc) is 2.95. The van der Waals surface area contributed by atoms with Gasteiger partial charge in [-0.25, -0.2) is 4.79 Å². The molecular weight excluding hydrogens is 323 g/mol. The zero-order chi connectivity index (χ0) is 17.7. The second-order valence-corrected chi connectivity index (χ2v) is 5.41. The minimum Gasteiger partial charge on any atom is -0.463 e. The van der Waals surface area contributed by atoms with Crippen LogP contribution in [0.1, 0.15) is 37.3 Å². The van der Waals surface area contributed by atoms with E-state index >= 15 is 0 Å². The van der Waals surface area contributed by atoms with E-state index in [0.29, 0.717) is 30.5 Å². The molecule has 0 aliphatic heterocycles. The SMILES string of the molecule is CCOC(=O)C1=C(NC(=O)Cc2ccccc2C(F)(F)F)CCC1. The molecule has 24 heavy (non-hydrogen) atoms. The van der Waals surface area contributed by atoms with E-state index in [9.17, 15) is 22.8 Å². The molecule has 1 aromatic carbocycles. The Bertz CT molecular complexity index is 665. The normalized spacial score (nSPS) is 14.7. The molecule has 4 nitrogen and oxygen atoms in total. The largest absolute Gasteiger partial charge is 0.463 e. The smallest absolute Gasteiger partial charge is 0.416 e. The minimum absolute atomic E-state index is 0.0984. The van der Waals surface area contributed by atoms with Crippen molar-refractivity contribution >= 4 is 11.9 Å². The molecule has 1 aliphatic rings. The third-order valence-corrected chi connectivity index (χ3v) is 3.70. The van der Waals surface area contributed by atoms with Gasteiger partial charge in [0.25, 0.3) is 0 Å². The Balaban J connectivity index is 2.12. The number of ether oxygens (including phenoxy) is 1. The summed E-state index contributed by atoms with van der Waals surface area (Å²) in [4.78, 5) is 23.9. The highest BCUT2D eigenvalue weighted by atomic mass is 19.4. The number of hydrogen-bond donors (Lipinski definition) is 1. The molecule has 1 aliphatic carbocycles. The summed E-state index contributed by atoms with van der Waals surface area (Å²) in [7, 11) is 0. The quantitative estimate of drug-likeness (QED) is 0.836. The van der Waals surface area contributed by atoms with Gasteiger partial charge in [-0.3, -0.25) is 4.79 Å². The van der Waals surface area contributed by atoms with Crippen LogP contribution in [0.5, 0.6) is 0 Å². The van der Waals surface area contributed by atoms with E-state index in [2.05, 4.69) is 5.32 Å². The van der Waals surface area contributed by atoms with E-state index in [-0.39, 0.29) is 12.2 Å². The van der Waals surface area contributed by atoms with Crippen molar-refractivity contribution in [2.24, 2.45) is 0 Å². The van der Waals surface area contributed by atoms with Crippen LogP contribution in [0, 0.1) is 0 Å². The Hall–Kier alpha value is -2.31. The van der Waals surface area contributed by atoms with Gasteiger partial charge in [-0.05, 0) is 37.8 Å². The van der Waals surface area contributed by atoms with Crippen molar-refractivity contribution < 1.29 is 27.5 Å². The molecule has 0 fully saturated rings. The molecule has 0 heterocycles. The lowest BCUT2D eigenvalue weighted by atomic mass is 10.0. The first-order valence-corrected chi connectivity index (χ1v) is 7.67. The molecule has 0 bridgehead atoms. The second kappa shape index (κ2) is 7.51. The van der Waals surface area contributed by atoms with Crippen molar-refractivity contribution in [3.63, 3.8) is 0 Å². The molecule has 0 saturated heterocycles. The highest BCUT2D eigenvalue weighted by molar-refractivity contribution is 5.91. The number of allylic oxidation sites excluding steroid dienone is 1. The Labute approximate surface area is 137 Å². The molecule has 0 radical (unpaired) electrons. The molecule has 1 amide bonds. The predicted octanol–water partition coefficient (Wildman–Crippen LogP) is 3.37. The number of alkyl halides is 3. The van der Waals surface area contributed by atoms with Crippen LogP contribution in [0.4, 0.5) is 13.2 Å². The molecule has 0 spiro atoms. The van der Waals surface area contributed by atoms with Crippen molar-refractivity contribution in [2.45, 2.75) is 38.8 Å². The fraction of sp³-hybridized carbons (Fsp3) is 0.412. The number of carbonyl (C=O) groups excluding carboxylic acids is 2. The monoisotopic (exact) mass is 341 g/mol. The molecule has 7 heteroatoms. The lowest BCUT2D eigenvalue weighted by Gasteiger charge is -2.13. The van der Waals surface area contributed by atoms with Gasteiger partial charge in [-0.1, -0.05) is 18.2 Å². The van der Waals surface area contributed by atoms with E-state index in [1.807, 2.05) is 0 Å². The highest BCUT2D eigenvalue weighted by Crippen LogP contribution is 2.32. The minimum atomic E-state index is -4.51. The Morgan fingerprint density at radius 3 is 2.58 bits per heavy atom. The third kappa shape index (κ3) is 4.37. The van der Waals surface area contributed by atoms with Crippen molar-refractivity contribution in [1.82, 2.24) is 5.32 Å². The number of nitrogens with one attached hydrogen (secondary N) is 1. The zero-order valence-corrected chi connectivity index (χ0v) is 13.2. The standard InChI is InChI=1S/C17H18F3NO3/c1-2-24-16(23)12-7-5-9-14(12)21-15(22)10-11-6-3-4-8-13(11)17(18,19)20/h3-4,6,8H,2,5,7,9-10H2,1H3,(H,21,22). The summed E-state index contributed by atoms with van der Waals surface area (Å²) >= 11 is 0. The molecule has 130 valence electrons. The van der Waals surface area contributed by atoms with E-state index in [4.69, 9.17) is 4.74 Å². The Morgan fingerprint density at radius 2 is 1.92 bits per heavy atom. The van der Waals surface area contributed by atoms with Crippen molar-refractivity contribution in [3.05, 3.63) is 46.7 Å². The molecule has 1 aromatic rings. The van der Waals surface area contributed by atoms with Crippen LogP contribution < -0.4 is 5.32 Å². The lowest BCUT2D eigenvalue weighted by Crippen LogP contribution is -2.26. The van der Waals surface area contributed by atoms with Crippen molar-refractivity contribution in [1.29, 1.82) is 0 Å². The number of amides is 1. The van der Waals surface area contributed by atoms with Crippen LogP contribution >= 0.6 is 0 Å².